The second kappa shape index (κ2) is 3.85. The zero-order chi connectivity index (χ0) is 10.0. The Hall–Kier alpha value is -0.930. The number of aliphatic carboxylic acids is 1. The average Bonchev–Trinajstić information content (AvgIpc) is 1.99. The van der Waals surface area contributed by atoms with Crippen LogP contribution in [0.2, 0.25) is 10.0 Å². The predicted octanol–water partition coefficient (Wildman–Crippen LogP) is 2.33. The van der Waals surface area contributed by atoms with E-state index in [1.165, 1.54) is 12.1 Å². The van der Waals surface area contributed by atoms with E-state index in [1.807, 2.05) is 0 Å². The summed E-state index contributed by atoms with van der Waals surface area (Å²) in [5.74, 6) is -1.15. The first kappa shape index (κ1) is 10.2. The summed E-state index contributed by atoms with van der Waals surface area (Å²) in [6.45, 7) is 0. The Bertz CT molecular complexity index is 349. The van der Waals surface area contributed by atoms with Gasteiger partial charge in [0.1, 0.15) is 5.75 Å². The van der Waals surface area contributed by atoms with E-state index in [2.05, 4.69) is 0 Å². The molecule has 0 heterocycles. The molecular weight excluding hydrogens is 215 g/mol. The zero-order valence-electron chi connectivity index (χ0n) is 6.42. The molecule has 0 bridgehead atoms. The number of aromatic hydroxyl groups is 1. The van der Waals surface area contributed by atoms with Crippen LogP contribution in [0, 0.1) is 0 Å². The van der Waals surface area contributed by atoms with Gasteiger partial charge in [0.25, 0.3) is 0 Å². The molecule has 70 valence electrons. The fourth-order valence-corrected chi connectivity index (χ4v) is 1.29. The summed E-state index contributed by atoms with van der Waals surface area (Å²) in [5, 5.41) is 17.9. The fourth-order valence-electron chi connectivity index (χ4n) is 0.876. The summed E-state index contributed by atoms with van der Waals surface area (Å²) >= 11 is 11.2. The van der Waals surface area contributed by atoms with Gasteiger partial charge in [-0.1, -0.05) is 23.2 Å². The Balaban J connectivity index is 3.08. The smallest absolute Gasteiger partial charge is 0.307 e. The molecule has 0 radical (unpaired) electrons. The lowest BCUT2D eigenvalue weighted by atomic mass is 10.1. The van der Waals surface area contributed by atoms with Gasteiger partial charge in [0.15, 0.2) is 0 Å². The summed E-state index contributed by atoms with van der Waals surface area (Å²) in [6.07, 6.45) is -0.209. The van der Waals surface area contributed by atoms with Crippen LogP contribution in [-0.2, 0) is 11.2 Å². The average molecular weight is 221 g/mol. The summed E-state index contributed by atoms with van der Waals surface area (Å²) in [5.41, 5.74) is 0.386. The Kier molecular flexibility index (Phi) is 3.01. The monoisotopic (exact) mass is 220 g/mol. The molecule has 1 aromatic carbocycles. The molecule has 0 atom stereocenters. The molecule has 0 saturated carbocycles. The lowest BCUT2D eigenvalue weighted by Crippen LogP contribution is -2.00. The van der Waals surface area contributed by atoms with E-state index in [0.717, 1.165) is 0 Å². The molecule has 5 heteroatoms. The molecule has 0 fully saturated rings. The second-order valence-electron chi connectivity index (χ2n) is 2.47. The van der Waals surface area contributed by atoms with Gasteiger partial charge in [0, 0.05) is 11.1 Å². The number of hydrogen-bond donors (Lipinski definition) is 2. The van der Waals surface area contributed by atoms with Crippen molar-refractivity contribution in [3.63, 3.8) is 0 Å². The van der Waals surface area contributed by atoms with Crippen molar-refractivity contribution in [2.24, 2.45) is 0 Å². The van der Waals surface area contributed by atoms with Gasteiger partial charge in [-0.05, 0) is 11.6 Å². The number of benzene rings is 1. The number of phenolic OH excluding ortho intramolecular Hbond substituents is 1. The Morgan fingerprint density at radius 1 is 1.31 bits per heavy atom. The van der Waals surface area contributed by atoms with E-state index < -0.39 is 5.97 Å². The van der Waals surface area contributed by atoms with E-state index in [4.69, 9.17) is 33.4 Å². The Morgan fingerprint density at radius 2 is 1.92 bits per heavy atom. The molecule has 0 amide bonds. The van der Waals surface area contributed by atoms with Crippen molar-refractivity contribution >= 4 is 29.2 Å². The third-order valence-electron chi connectivity index (χ3n) is 1.46. The highest BCUT2D eigenvalue weighted by atomic mass is 35.5. The quantitative estimate of drug-likeness (QED) is 0.805. The first-order chi connectivity index (χ1) is 6.00. The Morgan fingerprint density at radius 3 is 2.46 bits per heavy atom. The van der Waals surface area contributed by atoms with E-state index in [0.29, 0.717) is 5.56 Å². The summed E-state index contributed by atoms with van der Waals surface area (Å²) in [7, 11) is 0. The van der Waals surface area contributed by atoms with E-state index in [1.54, 1.807) is 0 Å². The third kappa shape index (κ3) is 2.50. The van der Waals surface area contributed by atoms with Crippen molar-refractivity contribution < 1.29 is 15.0 Å². The van der Waals surface area contributed by atoms with Crippen molar-refractivity contribution in [1.29, 1.82) is 0 Å². The van der Waals surface area contributed by atoms with Crippen molar-refractivity contribution in [2.45, 2.75) is 6.42 Å². The molecule has 1 aromatic rings. The molecule has 0 aliphatic carbocycles. The number of phenols is 1. The number of carboxylic acids is 1. The maximum atomic E-state index is 10.4. The zero-order valence-corrected chi connectivity index (χ0v) is 7.93. The minimum absolute atomic E-state index is 0.0978. The van der Waals surface area contributed by atoms with Crippen LogP contribution in [0.25, 0.3) is 0 Å². The maximum absolute atomic E-state index is 10.4. The molecule has 0 aliphatic heterocycles. The van der Waals surface area contributed by atoms with Crippen LogP contribution < -0.4 is 0 Å². The van der Waals surface area contributed by atoms with Crippen LogP contribution >= 0.6 is 23.2 Å². The van der Waals surface area contributed by atoms with Crippen molar-refractivity contribution in [3.05, 3.63) is 27.7 Å². The maximum Gasteiger partial charge on any atom is 0.307 e. The number of halogens is 2. The van der Waals surface area contributed by atoms with Gasteiger partial charge in [0.2, 0.25) is 0 Å². The molecule has 0 aliphatic rings. The molecule has 3 nitrogen and oxygen atoms in total. The molecular formula is C8H6Cl2O3. The molecule has 0 unspecified atom stereocenters. The standard InChI is InChI=1S/C8H6Cl2O3/c9-5-3-7(11)6(10)1-4(5)2-8(12)13/h1,3,11H,2H2,(H,12,13). The first-order valence-corrected chi connectivity index (χ1v) is 4.15. The first-order valence-electron chi connectivity index (χ1n) is 3.39. The van der Waals surface area contributed by atoms with Gasteiger partial charge in [-0.2, -0.15) is 0 Å². The van der Waals surface area contributed by atoms with Gasteiger partial charge in [-0.15, -0.1) is 0 Å². The highest BCUT2D eigenvalue weighted by Gasteiger charge is 2.09. The third-order valence-corrected chi connectivity index (χ3v) is 2.11. The van der Waals surface area contributed by atoms with Crippen LogP contribution in [0.4, 0.5) is 0 Å². The molecule has 0 saturated heterocycles. The molecule has 13 heavy (non-hydrogen) atoms. The summed E-state index contributed by atoms with van der Waals surface area (Å²) < 4.78 is 0. The van der Waals surface area contributed by atoms with Gasteiger partial charge >= 0.3 is 5.97 Å². The van der Waals surface area contributed by atoms with Gasteiger partial charge in [-0.3, -0.25) is 4.79 Å². The number of hydrogen-bond acceptors (Lipinski definition) is 2. The second-order valence-corrected chi connectivity index (χ2v) is 3.28. The largest absolute Gasteiger partial charge is 0.506 e. The van der Waals surface area contributed by atoms with Crippen LogP contribution in [0.15, 0.2) is 12.1 Å². The fraction of sp³-hybridized carbons (Fsp3) is 0.125. The van der Waals surface area contributed by atoms with E-state index >= 15 is 0 Å². The number of carboxylic acid groups (broad SMARTS) is 1. The number of rotatable bonds is 2. The highest BCUT2D eigenvalue weighted by molar-refractivity contribution is 6.34. The van der Waals surface area contributed by atoms with Gasteiger partial charge < -0.3 is 10.2 Å². The Labute approximate surface area is 84.5 Å². The summed E-state index contributed by atoms with van der Waals surface area (Å²) in [6, 6.07) is 2.56. The normalized spacial score (nSPS) is 10.0. The minimum Gasteiger partial charge on any atom is -0.506 e. The molecule has 0 aromatic heterocycles. The molecule has 1 rings (SSSR count). The number of carbonyl (C=O) groups is 1. The van der Waals surface area contributed by atoms with E-state index in [9.17, 15) is 4.79 Å². The van der Waals surface area contributed by atoms with Gasteiger partial charge in [0.05, 0.1) is 11.4 Å². The summed E-state index contributed by atoms with van der Waals surface area (Å²) in [4.78, 5) is 10.4. The lowest BCUT2D eigenvalue weighted by Gasteiger charge is -2.03. The van der Waals surface area contributed by atoms with Crippen LogP contribution in [-0.4, -0.2) is 16.2 Å². The predicted molar refractivity (Wildman–Crippen MR) is 49.5 cm³/mol. The highest BCUT2D eigenvalue weighted by Crippen LogP contribution is 2.30. The van der Waals surface area contributed by atoms with Crippen molar-refractivity contribution in [3.8, 4) is 5.75 Å². The van der Waals surface area contributed by atoms with E-state index in [-0.39, 0.29) is 22.2 Å². The molecule has 0 spiro atoms. The van der Waals surface area contributed by atoms with Crippen LogP contribution in [0.3, 0.4) is 0 Å². The van der Waals surface area contributed by atoms with Gasteiger partial charge in [-0.25, -0.2) is 0 Å². The van der Waals surface area contributed by atoms with Crippen LogP contribution in [0.1, 0.15) is 5.56 Å². The van der Waals surface area contributed by atoms with Crippen LogP contribution in [0.5, 0.6) is 5.75 Å². The topological polar surface area (TPSA) is 57.5 Å². The minimum atomic E-state index is -0.997. The lowest BCUT2D eigenvalue weighted by molar-refractivity contribution is -0.136. The molecule has 2 N–H and O–H groups in total. The van der Waals surface area contributed by atoms with Crippen molar-refractivity contribution in [1.82, 2.24) is 0 Å². The SMILES string of the molecule is O=C(O)Cc1cc(Cl)c(O)cc1Cl. The van der Waals surface area contributed by atoms with Crippen molar-refractivity contribution in [2.75, 3.05) is 0 Å².